The molecule has 1 aromatic rings. The van der Waals surface area contributed by atoms with Crippen molar-refractivity contribution < 1.29 is 4.79 Å². The maximum Gasteiger partial charge on any atom is 0.226 e. The molecular formula is C23H39N3O. The summed E-state index contributed by atoms with van der Waals surface area (Å²) < 4.78 is 0. The summed E-state index contributed by atoms with van der Waals surface area (Å²) >= 11 is 0. The summed E-state index contributed by atoms with van der Waals surface area (Å²) in [5.41, 5.74) is 7.64. The van der Waals surface area contributed by atoms with Crippen LogP contribution in [0.15, 0.2) is 30.3 Å². The molecule has 1 fully saturated rings. The third-order valence-electron chi connectivity index (χ3n) is 5.96. The molecule has 0 spiro atoms. The van der Waals surface area contributed by atoms with Crippen molar-refractivity contribution in [3.8, 4) is 0 Å². The number of nitrogens with zero attached hydrogens (tertiary/aromatic N) is 2. The average Bonchev–Trinajstić information content (AvgIpc) is 2.69. The van der Waals surface area contributed by atoms with Crippen molar-refractivity contribution in [2.45, 2.75) is 70.9 Å². The second-order valence-electron chi connectivity index (χ2n) is 8.15. The summed E-state index contributed by atoms with van der Waals surface area (Å²) in [4.78, 5) is 17.6. The van der Waals surface area contributed by atoms with Gasteiger partial charge in [-0.1, -0.05) is 57.0 Å². The van der Waals surface area contributed by atoms with Gasteiger partial charge in [0.25, 0.3) is 0 Å². The highest BCUT2D eigenvalue weighted by molar-refractivity contribution is 5.79. The second-order valence-corrected chi connectivity index (χ2v) is 8.15. The van der Waals surface area contributed by atoms with Crippen LogP contribution in [0.3, 0.4) is 0 Å². The van der Waals surface area contributed by atoms with Crippen molar-refractivity contribution in [3.63, 3.8) is 0 Å². The lowest BCUT2D eigenvalue weighted by Crippen LogP contribution is -2.48. The molecule has 1 amide bonds. The minimum absolute atomic E-state index is 0.0662. The monoisotopic (exact) mass is 373 g/mol. The van der Waals surface area contributed by atoms with Crippen LogP contribution in [0.5, 0.6) is 0 Å². The van der Waals surface area contributed by atoms with Crippen LogP contribution in [0, 0.1) is 5.92 Å². The summed E-state index contributed by atoms with van der Waals surface area (Å²) in [5.74, 6) is 0.516. The fraction of sp³-hybridized carbons (Fsp3) is 0.696. The van der Waals surface area contributed by atoms with Crippen LogP contribution in [-0.4, -0.2) is 48.4 Å². The number of piperidine rings is 1. The zero-order chi connectivity index (χ0) is 19.6. The third kappa shape index (κ3) is 6.62. The SMILES string of the molecule is CCCCN(CCCC)C(=O)C1CCC(CC(N)c2ccccc2)N(C)C1. The molecule has 4 heteroatoms. The number of carbonyl (C=O) groups is 1. The van der Waals surface area contributed by atoms with Gasteiger partial charge in [-0.3, -0.25) is 4.79 Å². The quantitative estimate of drug-likeness (QED) is 0.668. The maximum absolute atomic E-state index is 13.1. The van der Waals surface area contributed by atoms with Gasteiger partial charge >= 0.3 is 0 Å². The largest absolute Gasteiger partial charge is 0.342 e. The van der Waals surface area contributed by atoms with E-state index in [4.69, 9.17) is 5.73 Å². The normalized spacial score (nSPS) is 21.8. The zero-order valence-corrected chi connectivity index (χ0v) is 17.6. The first-order valence-corrected chi connectivity index (χ1v) is 10.9. The highest BCUT2D eigenvalue weighted by atomic mass is 16.2. The van der Waals surface area contributed by atoms with Gasteiger partial charge in [0, 0.05) is 31.7 Å². The summed E-state index contributed by atoms with van der Waals surface area (Å²) in [6.07, 6.45) is 7.49. The lowest BCUT2D eigenvalue weighted by molar-refractivity contribution is -0.138. The Morgan fingerprint density at radius 3 is 2.33 bits per heavy atom. The molecule has 0 radical (unpaired) electrons. The van der Waals surface area contributed by atoms with Crippen molar-refractivity contribution in [2.75, 3.05) is 26.7 Å². The molecule has 2 rings (SSSR count). The molecular weight excluding hydrogens is 334 g/mol. The Labute approximate surface area is 166 Å². The van der Waals surface area contributed by atoms with Crippen LogP contribution in [0.4, 0.5) is 0 Å². The van der Waals surface area contributed by atoms with Crippen LogP contribution >= 0.6 is 0 Å². The maximum atomic E-state index is 13.1. The molecule has 1 aromatic carbocycles. The number of rotatable bonds is 10. The van der Waals surface area contributed by atoms with Crippen molar-refractivity contribution in [1.82, 2.24) is 9.80 Å². The summed E-state index contributed by atoms with van der Waals surface area (Å²) in [6, 6.07) is 10.9. The van der Waals surface area contributed by atoms with Crippen LogP contribution in [0.1, 0.15) is 70.4 Å². The molecule has 2 N–H and O–H groups in total. The summed E-state index contributed by atoms with van der Waals surface area (Å²) in [5, 5.41) is 0. The molecule has 0 saturated carbocycles. The molecule has 0 bridgehead atoms. The van der Waals surface area contributed by atoms with Crippen LogP contribution in [0.25, 0.3) is 0 Å². The third-order valence-corrected chi connectivity index (χ3v) is 5.96. The number of unbranched alkanes of at least 4 members (excludes halogenated alkanes) is 2. The minimum atomic E-state index is 0.0662. The first kappa shape index (κ1) is 21.9. The molecule has 4 nitrogen and oxygen atoms in total. The van der Waals surface area contributed by atoms with Crippen LogP contribution < -0.4 is 5.73 Å². The number of likely N-dealkylation sites (tertiary alicyclic amines) is 1. The number of amides is 1. The summed E-state index contributed by atoms with van der Waals surface area (Å²) in [6.45, 7) is 7.07. The Balaban J connectivity index is 1.89. The van der Waals surface area contributed by atoms with E-state index < -0.39 is 0 Å². The number of hydrogen-bond acceptors (Lipinski definition) is 3. The van der Waals surface area contributed by atoms with Gasteiger partial charge in [0.1, 0.15) is 0 Å². The van der Waals surface area contributed by atoms with E-state index in [1.165, 1.54) is 5.56 Å². The Hall–Kier alpha value is -1.39. The van der Waals surface area contributed by atoms with Crippen LogP contribution in [-0.2, 0) is 4.79 Å². The molecule has 1 saturated heterocycles. The van der Waals surface area contributed by atoms with Gasteiger partial charge in [0.15, 0.2) is 0 Å². The van der Waals surface area contributed by atoms with E-state index in [1.54, 1.807) is 0 Å². The molecule has 1 aliphatic rings. The van der Waals surface area contributed by atoms with E-state index in [0.29, 0.717) is 11.9 Å². The molecule has 0 aromatic heterocycles. The minimum Gasteiger partial charge on any atom is -0.342 e. The first-order valence-electron chi connectivity index (χ1n) is 10.9. The van der Waals surface area contributed by atoms with Crippen molar-refractivity contribution in [3.05, 3.63) is 35.9 Å². The number of hydrogen-bond donors (Lipinski definition) is 1. The molecule has 3 atom stereocenters. The van der Waals surface area contributed by atoms with Crippen LogP contribution in [0.2, 0.25) is 0 Å². The molecule has 152 valence electrons. The lowest BCUT2D eigenvalue weighted by Gasteiger charge is -2.39. The fourth-order valence-corrected chi connectivity index (χ4v) is 4.12. The van der Waals surface area contributed by atoms with Gasteiger partial charge < -0.3 is 15.5 Å². The predicted octanol–water partition coefficient (Wildman–Crippen LogP) is 4.22. The van der Waals surface area contributed by atoms with E-state index in [-0.39, 0.29) is 12.0 Å². The van der Waals surface area contributed by atoms with Crippen molar-refractivity contribution in [1.29, 1.82) is 0 Å². The fourth-order valence-electron chi connectivity index (χ4n) is 4.12. The molecule has 0 aliphatic carbocycles. The average molecular weight is 374 g/mol. The van der Waals surface area contributed by atoms with Gasteiger partial charge in [0.2, 0.25) is 5.91 Å². The van der Waals surface area contributed by atoms with Gasteiger partial charge in [-0.05, 0) is 44.7 Å². The highest BCUT2D eigenvalue weighted by Crippen LogP contribution is 2.28. The van der Waals surface area contributed by atoms with Crippen molar-refractivity contribution >= 4 is 5.91 Å². The summed E-state index contributed by atoms with van der Waals surface area (Å²) in [7, 11) is 2.16. The van der Waals surface area contributed by atoms with E-state index in [2.05, 4.69) is 55.0 Å². The molecule has 27 heavy (non-hydrogen) atoms. The van der Waals surface area contributed by atoms with E-state index in [0.717, 1.165) is 64.6 Å². The van der Waals surface area contributed by atoms with E-state index >= 15 is 0 Å². The second kappa shape index (κ2) is 11.5. The Kier molecular flexibility index (Phi) is 9.29. The predicted molar refractivity (Wildman–Crippen MR) is 114 cm³/mol. The lowest BCUT2D eigenvalue weighted by atomic mass is 9.87. The number of benzene rings is 1. The van der Waals surface area contributed by atoms with E-state index in [9.17, 15) is 4.79 Å². The topological polar surface area (TPSA) is 49.6 Å². The Morgan fingerprint density at radius 1 is 1.15 bits per heavy atom. The number of nitrogens with two attached hydrogens (primary N) is 1. The van der Waals surface area contributed by atoms with Gasteiger partial charge in [-0.2, -0.15) is 0 Å². The van der Waals surface area contributed by atoms with Gasteiger partial charge in [-0.25, -0.2) is 0 Å². The zero-order valence-electron chi connectivity index (χ0n) is 17.6. The van der Waals surface area contributed by atoms with E-state index in [1.807, 2.05) is 6.07 Å². The van der Waals surface area contributed by atoms with Gasteiger partial charge in [0.05, 0.1) is 5.92 Å². The number of carbonyl (C=O) groups excluding carboxylic acids is 1. The van der Waals surface area contributed by atoms with Gasteiger partial charge in [-0.15, -0.1) is 0 Å². The molecule has 3 unspecified atom stereocenters. The standard InChI is InChI=1S/C23H39N3O/c1-4-6-15-26(16-7-5-2)23(27)20-13-14-21(25(3)18-20)17-22(24)19-11-9-8-10-12-19/h8-12,20-22H,4-7,13-18,24H2,1-3H3. The molecule has 1 aliphatic heterocycles. The smallest absolute Gasteiger partial charge is 0.226 e. The highest BCUT2D eigenvalue weighted by Gasteiger charge is 2.32. The Morgan fingerprint density at radius 2 is 1.78 bits per heavy atom. The Bertz CT molecular complexity index is 540. The molecule has 1 heterocycles. The van der Waals surface area contributed by atoms with Crippen molar-refractivity contribution in [2.24, 2.45) is 11.7 Å². The first-order chi connectivity index (χ1) is 13.1.